The van der Waals surface area contributed by atoms with Crippen molar-refractivity contribution in [1.82, 2.24) is 5.32 Å². The topological polar surface area (TPSA) is 66.4 Å². The van der Waals surface area contributed by atoms with Crippen molar-refractivity contribution < 1.29 is 14.7 Å². The maximum atomic E-state index is 12.0. The van der Waals surface area contributed by atoms with Crippen LogP contribution in [-0.4, -0.2) is 23.0 Å². The van der Waals surface area contributed by atoms with Crippen molar-refractivity contribution in [2.75, 3.05) is 0 Å². The van der Waals surface area contributed by atoms with Gasteiger partial charge in [-0.15, -0.1) is 0 Å². The minimum atomic E-state index is -1.06. The van der Waals surface area contributed by atoms with Gasteiger partial charge in [-0.2, -0.15) is 0 Å². The molecule has 0 aliphatic heterocycles. The lowest BCUT2D eigenvalue weighted by Crippen LogP contribution is -2.45. The zero-order valence-electron chi connectivity index (χ0n) is 10.6. The Labute approximate surface area is 121 Å². The van der Waals surface area contributed by atoms with Crippen molar-refractivity contribution in [3.05, 3.63) is 33.8 Å². The zero-order valence-corrected chi connectivity index (χ0v) is 12.1. The summed E-state index contributed by atoms with van der Waals surface area (Å²) in [7, 11) is 0. The van der Waals surface area contributed by atoms with Gasteiger partial charge in [0.2, 0.25) is 0 Å². The lowest BCUT2D eigenvalue weighted by molar-refractivity contribution is -0.140. The molecule has 6 heteroatoms. The van der Waals surface area contributed by atoms with Crippen LogP contribution in [0.25, 0.3) is 0 Å². The quantitative estimate of drug-likeness (QED) is 0.877. The summed E-state index contributed by atoms with van der Waals surface area (Å²) in [6.07, 6.45) is 0.646. The molecule has 0 radical (unpaired) electrons. The van der Waals surface area contributed by atoms with E-state index >= 15 is 0 Å². The van der Waals surface area contributed by atoms with E-state index in [1.807, 2.05) is 6.92 Å². The van der Waals surface area contributed by atoms with Gasteiger partial charge in [0.1, 0.15) is 6.04 Å². The molecule has 0 saturated carbocycles. The summed E-state index contributed by atoms with van der Waals surface area (Å²) in [5, 5.41) is 12.2. The molecular formula is C13H15Cl2NO3. The summed E-state index contributed by atoms with van der Waals surface area (Å²) in [6, 6.07) is 3.45. The Morgan fingerprint density at radius 1 is 1.26 bits per heavy atom. The van der Waals surface area contributed by atoms with E-state index in [4.69, 9.17) is 28.3 Å². The number of amides is 1. The molecule has 0 unspecified atom stereocenters. The van der Waals surface area contributed by atoms with Crippen LogP contribution >= 0.6 is 23.2 Å². The average molecular weight is 304 g/mol. The molecular weight excluding hydrogens is 289 g/mol. The van der Waals surface area contributed by atoms with E-state index in [0.29, 0.717) is 16.5 Å². The Hall–Kier alpha value is -1.26. The highest BCUT2D eigenvalue weighted by atomic mass is 35.5. The fourth-order valence-corrected chi connectivity index (χ4v) is 2.12. The number of hydrogen-bond donors (Lipinski definition) is 2. The summed E-state index contributed by atoms with van der Waals surface area (Å²) in [6.45, 7) is 3.63. The van der Waals surface area contributed by atoms with Crippen LogP contribution in [0, 0.1) is 5.92 Å². The molecule has 4 nitrogen and oxygen atoms in total. The van der Waals surface area contributed by atoms with Crippen LogP contribution in [0.5, 0.6) is 0 Å². The van der Waals surface area contributed by atoms with Crippen LogP contribution in [0.3, 0.4) is 0 Å². The minimum Gasteiger partial charge on any atom is -0.480 e. The van der Waals surface area contributed by atoms with E-state index in [9.17, 15) is 9.59 Å². The van der Waals surface area contributed by atoms with Crippen LogP contribution < -0.4 is 5.32 Å². The fourth-order valence-electron chi connectivity index (χ4n) is 1.59. The Bertz CT molecular complexity index is 471. The van der Waals surface area contributed by atoms with E-state index < -0.39 is 17.9 Å². The number of carboxylic acids is 1. The second kappa shape index (κ2) is 6.78. The first-order chi connectivity index (χ1) is 8.85. The number of benzene rings is 1. The molecule has 0 fully saturated rings. The van der Waals surface area contributed by atoms with Gasteiger partial charge in [-0.05, 0) is 24.1 Å². The van der Waals surface area contributed by atoms with Gasteiger partial charge in [0, 0.05) is 15.6 Å². The first-order valence-corrected chi connectivity index (χ1v) is 6.60. The number of nitrogens with one attached hydrogen (secondary N) is 1. The van der Waals surface area contributed by atoms with Gasteiger partial charge in [-0.3, -0.25) is 4.79 Å². The van der Waals surface area contributed by atoms with E-state index in [1.54, 1.807) is 6.92 Å². The smallest absolute Gasteiger partial charge is 0.326 e. The molecule has 0 aromatic heterocycles. The van der Waals surface area contributed by atoms with Crippen molar-refractivity contribution in [1.29, 1.82) is 0 Å². The third kappa shape index (κ3) is 4.40. The van der Waals surface area contributed by atoms with Gasteiger partial charge in [0.05, 0.1) is 0 Å². The number of hydrogen-bond acceptors (Lipinski definition) is 2. The predicted molar refractivity (Wildman–Crippen MR) is 74.8 cm³/mol. The monoisotopic (exact) mass is 303 g/mol. The fraction of sp³-hybridized carbons (Fsp3) is 0.385. The van der Waals surface area contributed by atoms with Gasteiger partial charge < -0.3 is 10.4 Å². The molecule has 0 saturated heterocycles. The van der Waals surface area contributed by atoms with Crippen molar-refractivity contribution in [2.45, 2.75) is 26.3 Å². The van der Waals surface area contributed by atoms with Gasteiger partial charge in [0.25, 0.3) is 5.91 Å². The van der Waals surface area contributed by atoms with Gasteiger partial charge in [-0.1, -0.05) is 43.5 Å². The summed E-state index contributed by atoms with van der Waals surface area (Å²) in [5.41, 5.74) is 0.243. The molecule has 1 aromatic carbocycles. The number of halogens is 2. The van der Waals surface area contributed by atoms with E-state index in [1.165, 1.54) is 18.2 Å². The molecule has 1 amide bonds. The standard InChI is InChI=1S/C13H15Cl2NO3/c1-3-7(2)11(13(18)19)16-12(17)8-4-9(14)6-10(15)5-8/h4-7,11H,3H2,1-2H3,(H,16,17)(H,18,19)/t7-,11-/m0/s1. The average Bonchev–Trinajstić information content (AvgIpc) is 2.33. The summed E-state index contributed by atoms with van der Waals surface area (Å²) >= 11 is 11.6. The Morgan fingerprint density at radius 2 is 1.79 bits per heavy atom. The molecule has 1 rings (SSSR count). The van der Waals surface area contributed by atoms with Crippen LogP contribution in [-0.2, 0) is 4.79 Å². The zero-order chi connectivity index (χ0) is 14.6. The number of rotatable bonds is 5. The first kappa shape index (κ1) is 15.8. The van der Waals surface area contributed by atoms with E-state index in [0.717, 1.165) is 0 Å². The lowest BCUT2D eigenvalue weighted by atomic mass is 9.99. The number of carboxylic acid groups (broad SMARTS) is 1. The molecule has 0 aliphatic carbocycles. The maximum Gasteiger partial charge on any atom is 0.326 e. The largest absolute Gasteiger partial charge is 0.480 e. The van der Waals surface area contributed by atoms with Crippen molar-refractivity contribution >= 4 is 35.1 Å². The van der Waals surface area contributed by atoms with Crippen molar-refractivity contribution in [3.8, 4) is 0 Å². The van der Waals surface area contributed by atoms with Crippen LogP contribution in [0.15, 0.2) is 18.2 Å². The molecule has 1 aromatic rings. The second-order valence-electron chi connectivity index (χ2n) is 4.33. The lowest BCUT2D eigenvalue weighted by Gasteiger charge is -2.20. The molecule has 2 atom stereocenters. The number of aliphatic carboxylic acids is 1. The summed E-state index contributed by atoms with van der Waals surface area (Å²) in [5.74, 6) is -1.73. The van der Waals surface area contributed by atoms with Gasteiger partial charge >= 0.3 is 5.97 Å². The highest BCUT2D eigenvalue weighted by Gasteiger charge is 2.25. The number of carbonyl (C=O) groups excluding carboxylic acids is 1. The van der Waals surface area contributed by atoms with Gasteiger partial charge in [-0.25, -0.2) is 4.79 Å². The molecule has 0 bridgehead atoms. The number of carbonyl (C=O) groups is 2. The molecule has 2 N–H and O–H groups in total. The maximum absolute atomic E-state index is 12.0. The third-order valence-corrected chi connectivity index (χ3v) is 3.33. The summed E-state index contributed by atoms with van der Waals surface area (Å²) in [4.78, 5) is 23.1. The van der Waals surface area contributed by atoms with Crippen LogP contribution in [0.4, 0.5) is 0 Å². The SMILES string of the molecule is CC[C@H](C)[C@H](NC(=O)c1cc(Cl)cc(Cl)c1)C(=O)O. The van der Waals surface area contributed by atoms with Gasteiger partial charge in [0.15, 0.2) is 0 Å². The van der Waals surface area contributed by atoms with E-state index in [-0.39, 0.29) is 11.5 Å². The predicted octanol–water partition coefficient (Wildman–Crippen LogP) is 3.22. The van der Waals surface area contributed by atoms with Crippen molar-refractivity contribution in [2.24, 2.45) is 5.92 Å². The van der Waals surface area contributed by atoms with E-state index in [2.05, 4.69) is 5.32 Å². The van der Waals surface area contributed by atoms with Crippen LogP contribution in [0.1, 0.15) is 30.6 Å². The summed E-state index contributed by atoms with van der Waals surface area (Å²) < 4.78 is 0. The third-order valence-electron chi connectivity index (χ3n) is 2.89. The Morgan fingerprint density at radius 3 is 2.21 bits per heavy atom. The highest BCUT2D eigenvalue weighted by Crippen LogP contribution is 2.19. The molecule has 0 heterocycles. The minimum absolute atomic E-state index is 0.170. The van der Waals surface area contributed by atoms with Crippen LogP contribution in [0.2, 0.25) is 10.0 Å². The Balaban J connectivity index is 2.90. The highest BCUT2D eigenvalue weighted by molar-refractivity contribution is 6.35. The first-order valence-electron chi connectivity index (χ1n) is 5.85. The molecule has 0 aliphatic rings. The molecule has 19 heavy (non-hydrogen) atoms. The second-order valence-corrected chi connectivity index (χ2v) is 5.21. The Kier molecular flexibility index (Phi) is 5.63. The van der Waals surface area contributed by atoms with Crippen molar-refractivity contribution in [3.63, 3.8) is 0 Å². The molecule has 104 valence electrons. The normalized spacial score (nSPS) is 13.7. The molecule has 0 spiro atoms.